The van der Waals surface area contributed by atoms with Crippen molar-refractivity contribution in [2.24, 2.45) is 0 Å². The van der Waals surface area contributed by atoms with Gasteiger partial charge in [-0.3, -0.25) is 9.78 Å². The minimum absolute atomic E-state index is 0.0271. The van der Waals surface area contributed by atoms with E-state index in [9.17, 15) is 4.79 Å². The van der Waals surface area contributed by atoms with E-state index >= 15 is 0 Å². The number of rotatable bonds is 2. The molecule has 0 aliphatic carbocycles. The van der Waals surface area contributed by atoms with E-state index in [4.69, 9.17) is 4.74 Å². The lowest BCUT2D eigenvalue weighted by Crippen LogP contribution is -2.06. The third kappa shape index (κ3) is 2.44. The van der Waals surface area contributed by atoms with Crippen LogP contribution in [0.1, 0.15) is 40.0 Å². The van der Waals surface area contributed by atoms with Crippen LogP contribution in [-0.4, -0.2) is 17.4 Å². The van der Waals surface area contributed by atoms with Crippen molar-refractivity contribution in [1.29, 1.82) is 0 Å². The van der Waals surface area contributed by atoms with Crippen molar-refractivity contribution in [2.75, 3.05) is 6.61 Å². The van der Waals surface area contributed by atoms with Crippen molar-refractivity contribution >= 4 is 5.78 Å². The summed E-state index contributed by atoms with van der Waals surface area (Å²) < 4.78 is 5.79. The Morgan fingerprint density at radius 3 is 2.95 bits per heavy atom. The van der Waals surface area contributed by atoms with Crippen LogP contribution in [0.4, 0.5) is 0 Å². The number of pyridine rings is 1. The number of ether oxygens (including phenoxy) is 1. The minimum Gasteiger partial charge on any atom is -0.493 e. The van der Waals surface area contributed by atoms with E-state index < -0.39 is 0 Å². The third-order valence-corrected chi connectivity index (χ3v) is 3.60. The second-order valence-electron chi connectivity index (χ2n) is 5.13. The van der Waals surface area contributed by atoms with Crippen molar-refractivity contribution < 1.29 is 9.53 Å². The Morgan fingerprint density at radius 1 is 1.25 bits per heavy atom. The van der Waals surface area contributed by atoms with Gasteiger partial charge in [0.25, 0.3) is 0 Å². The molecule has 1 aromatic carbocycles. The van der Waals surface area contributed by atoms with E-state index in [1.807, 2.05) is 31.2 Å². The number of ketones is 1. The van der Waals surface area contributed by atoms with Gasteiger partial charge >= 0.3 is 0 Å². The minimum atomic E-state index is -0.0271. The molecular weight excluding hydrogens is 250 g/mol. The van der Waals surface area contributed by atoms with Gasteiger partial charge in [-0.15, -0.1) is 0 Å². The molecule has 3 nitrogen and oxygen atoms in total. The Kier molecular flexibility index (Phi) is 3.50. The van der Waals surface area contributed by atoms with Gasteiger partial charge in [-0.05, 0) is 61.6 Å². The smallest absolute Gasteiger partial charge is 0.211 e. The highest BCUT2D eigenvalue weighted by atomic mass is 16.5. The van der Waals surface area contributed by atoms with Gasteiger partial charge in [0.05, 0.1) is 6.61 Å². The number of carbonyl (C=O) groups excluding carboxylic acids is 1. The van der Waals surface area contributed by atoms with Gasteiger partial charge in [-0.2, -0.15) is 0 Å². The summed E-state index contributed by atoms with van der Waals surface area (Å²) in [5.74, 6) is 0.931. The first-order valence-electron chi connectivity index (χ1n) is 6.98. The number of fused-ring (bicyclic) bond motifs is 1. The summed E-state index contributed by atoms with van der Waals surface area (Å²) in [7, 11) is 0. The van der Waals surface area contributed by atoms with Crippen LogP contribution < -0.4 is 4.74 Å². The first-order chi connectivity index (χ1) is 9.75. The average Bonchev–Trinajstić information content (AvgIpc) is 2.73. The van der Waals surface area contributed by atoms with Crippen LogP contribution >= 0.6 is 0 Å². The quantitative estimate of drug-likeness (QED) is 0.783. The van der Waals surface area contributed by atoms with E-state index in [0.29, 0.717) is 11.3 Å². The molecule has 0 radical (unpaired) electrons. The molecule has 3 rings (SSSR count). The van der Waals surface area contributed by atoms with Crippen molar-refractivity contribution in [3.8, 4) is 5.75 Å². The van der Waals surface area contributed by atoms with E-state index in [1.165, 1.54) is 0 Å². The molecular formula is C17H17NO2. The van der Waals surface area contributed by atoms with Gasteiger partial charge < -0.3 is 4.74 Å². The Balaban J connectivity index is 2.01. The molecule has 2 aromatic rings. The van der Waals surface area contributed by atoms with Crippen LogP contribution in [0.3, 0.4) is 0 Å². The summed E-state index contributed by atoms with van der Waals surface area (Å²) in [6.45, 7) is 2.76. The van der Waals surface area contributed by atoms with E-state index in [0.717, 1.165) is 42.7 Å². The van der Waals surface area contributed by atoms with Crippen molar-refractivity contribution in [3.63, 3.8) is 0 Å². The highest BCUT2D eigenvalue weighted by Crippen LogP contribution is 2.30. The molecule has 0 bridgehead atoms. The van der Waals surface area contributed by atoms with Crippen molar-refractivity contribution in [2.45, 2.75) is 26.2 Å². The van der Waals surface area contributed by atoms with Crippen LogP contribution in [-0.2, 0) is 6.42 Å². The third-order valence-electron chi connectivity index (χ3n) is 3.60. The number of aryl methyl sites for hydroxylation is 2. The number of hydrogen-bond acceptors (Lipinski definition) is 3. The normalized spacial score (nSPS) is 14.1. The SMILES string of the molecule is Cc1cc(C(=O)c2ccccn2)cc2c1OCCCC2. The summed E-state index contributed by atoms with van der Waals surface area (Å²) in [5.41, 5.74) is 3.36. The first-order valence-corrected chi connectivity index (χ1v) is 6.98. The fraction of sp³-hybridized carbons (Fsp3) is 0.294. The fourth-order valence-electron chi connectivity index (χ4n) is 2.61. The molecule has 3 heteroatoms. The lowest BCUT2D eigenvalue weighted by molar-refractivity contribution is 0.103. The van der Waals surface area contributed by atoms with Crippen LogP contribution in [0.2, 0.25) is 0 Å². The Hall–Kier alpha value is -2.16. The molecule has 0 amide bonds. The molecule has 1 aliphatic rings. The van der Waals surface area contributed by atoms with Crippen LogP contribution in [0.25, 0.3) is 0 Å². The van der Waals surface area contributed by atoms with Crippen molar-refractivity contribution in [1.82, 2.24) is 4.98 Å². The monoisotopic (exact) mass is 267 g/mol. The number of hydrogen-bond donors (Lipinski definition) is 0. The number of aromatic nitrogens is 1. The van der Waals surface area contributed by atoms with Gasteiger partial charge in [0.15, 0.2) is 0 Å². The molecule has 102 valence electrons. The van der Waals surface area contributed by atoms with Gasteiger partial charge in [0, 0.05) is 11.8 Å². The zero-order chi connectivity index (χ0) is 13.9. The molecule has 0 atom stereocenters. The summed E-state index contributed by atoms with van der Waals surface area (Å²) in [6, 6.07) is 9.26. The highest BCUT2D eigenvalue weighted by molar-refractivity contribution is 6.08. The number of nitrogens with zero attached hydrogens (tertiary/aromatic N) is 1. The van der Waals surface area contributed by atoms with E-state index in [-0.39, 0.29) is 5.78 Å². The predicted molar refractivity (Wildman–Crippen MR) is 77.3 cm³/mol. The van der Waals surface area contributed by atoms with Crippen molar-refractivity contribution in [3.05, 3.63) is 58.9 Å². The molecule has 20 heavy (non-hydrogen) atoms. The summed E-state index contributed by atoms with van der Waals surface area (Å²) in [6.07, 6.45) is 4.79. The molecule has 0 unspecified atom stereocenters. The Labute approximate surface area is 118 Å². The molecule has 0 N–H and O–H groups in total. The number of carbonyl (C=O) groups is 1. The zero-order valence-electron chi connectivity index (χ0n) is 11.6. The Morgan fingerprint density at radius 2 is 2.15 bits per heavy atom. The topological polar surface area (TPSA) is 39.2 Å². The average molecular weight is 267 g/mol. The highest BCUT2D eigenvalue weighted by Gasteiger charge is 2.17. The molecule has 2 heterocycles. The molecule has 1 aliphatic heterocycles. The summed E-state index contributed by atoms with van der Waals surface area (Å²) >= 11 is 0. The van der Waals surface area contributed by atoms with Gasteiger partial charge in [0.1, 0.15) is 11.4 Å². The van der Waals surface area contributed by atoms with Crippen LogP contribution in [0.15, 0.2) is 36.5 Å². The van der Waals surface area contributed by atoms with E-state index in [2.05, 4.69) is 4.98 Å². The Bertz CT molecular complexity index is 635. The maximum Gasteiger partial charge on any atom is 0.211 e. The molecule has 0 saturated heterocycles. The van der Waals surface area contributed by atoms with Crippen LogP contribution in [0.5, 0.6) is 5.75 Å². The molecule has 0 fully saturated rings. The summed E-state index contributed by atoms with van der Waals surface area (Å²) in [4.78, 5) is 16.6. The predicted octanol–water partition coefficient (Wildman–Crippen LogP) is 3.34. The largest absolute Gasteiger partial charge is 0.493 e. The van der Waals surface area contributed by atoms with Gasteiger partial charge in [-0.1, -0.05) is 6.07 Å². The maximum absolute atomic E-state index is 12.5. The zero-order valence-corrected chi connectivity index (χ0v) is 11.6. The molecule has 0 spiro atoms. The van der Waals surface area contributed by atoms with E-state index in [1.54, 1.807) is 12.3 Å². The summed E-state index contributed by atoms with van der Waals surface area (Å²) in [5, 5.41) is 0. The lowest BCUT2D eigenvalue weighted by Gasteiger charge is -2.12. The van der Waals surface area contributed by atoms with Crippen LogP contribution in [0, 0.1) is 6.92 Å². The fourth-order valence-corrected chi connectivity index (χ4v) is 2.61. The van der Waals surface area contributed by atoms with Gasteiger partial charge in [-0.25, -0.2) is 0 Å². The van der Waals surface area contributed by atoms with Gasteiger partial charge in [0.2, 0.25) is 5.78 Å². The second-order valence-corrected chi connectivity index (χ2v) is 5.13. The first kappa shape index (κ1) is 12.9. The molecule has 1 aromatic heterocycles. The number of benzene rings is 1. The molecule has 0 saturated carbocycles. The standard InChI is InChI=1S/C17H17NO2/c1-12-10-14(16(19)15-7-2-4-8-18-15)11-13-6-3-5-9-20-17(12)13/h2,4,7-8,10-11H,3,5-6,9H2,1H3. The maximum atomic E-state index is 12.5. The lowest BCUT2D eigenvalue weighted by atomic mass is 9.98. The second kappa shape index (κ2) is 5.45.